The highest BCUT2D eigenvalue weighted by Gasteiger charge is 2.04. The van der Waals surface area contributed by atoms with Crippen molar-refractivity contribution in [3.8, 4) is 0 Å². The van der Waals surface area contributed by atoms with Gasteiger partial charge in [-0.25, -0.2) is 0 Å². The van der Waals surface area contributed by atoms with Gasteiger partial charge in [0.1, 0.15) is 6.61 Å². The zero-order valence-electron chi connectivity index (χ0n) is 7.23. The van der Waals surface area contributed by atoms with Crippen LogP contribution in [0.5, 0.6) is 0 Å². The lowest BCUT2D eigenvalue weighted by Gasteiger charge is -1.99. The van der Waals surface area contributed by atoms with E-state index >= 15 is 0 Å². The number of ether oxygens (including phenoxy) is 1. The fraction of sp³-hybridized carbons (Fsp3) is 0.500. The van der Waals surface area contributed by atoms with Crippen molar-refractivity contribution in [1.82, 2.24) is 4.98 Å². The molecule has 72 valence electrons. The summed E-state index contributed by atoms with van der Waals surface area (Å²) in [5, 5.41) is 0. The van der Waals surface area contributed by atoms with Crippen molar-refractivity contribution < 1.29 is 9.53 Å². The van der Waals surface area contributed by atoms with Gasteiger partial charge in [-0.3, -0.25) is 9.78 Å². The highest BCUT2D eigenvalue weighted by molar-refractivity contribution is 7.09. The number of aromatic nitrogens is 1. The summed E-state index contributed by atoms with van der Waals surface area (Å²) in [6.45, 7) is 1.04. The molecule has 0 fully saturated rings. The van der Waals surface area contributed by atoms with Crippen LogP contribution in [-0.4, -0.2) is 30.5 Å². The monoisotopic (exact) mass is 200 g/mol. The molecule has 0 atom stereocenters. The Hall–Kier alpha value is -0.780. The molecule has 1 heterocycles. The number of hydrogen-bond acceptors (Lipinski definition) is 5. The van der Waals surface area contributed by atoms with Gasteiger partial charge in [-0.15, -0.1) is 11.3 Å². The van der Waals surface area contributed by atoms with Crippen LogP contribution in [0.3, 0.4) is 0 Å². The van der Waals surface area contributed by atoms with Gasteiger partial charge in [-0.05, 0) is 0 Å². The summed E-state index contributed by atoms with van der Waals surface area (Å²) in [7, 11) is 0. The molecule has 1 aromatic rings. The van der Waals surface area contributed by atoms with Crippen LogP contribution in [0.2, 0.25) is 0 Å². The van der Waals surface area contributed by atoms with Crippen molar-refractivity contribution >= 4 is 17.1 Å². The van der Waals surface area contributed by atoms with E-state index in [0.717, 1.165) is 4.88 Å². The smallest absolute Gasteiger partial charge is 0.163 e. The maximum absolute atomic E-state index is 11.2. The van der Waals surface area contributed by atoms with Crippen molar-refractivity contribution in [3.63, 3.8) is 0 Å². The normalized spacial score (nSPS) is 10.2. The van der Waals surface area contributed by atoms with Gasteiger partial charge in [0.25, 0.3) is 0 Å². The zero-order valence-corrected chi connectivity index (χ0v) is 8.05. The predicted molar refractivity (Wildman–Crippen MR) is 50.7 cm³/mol. The van der Waals surface area contributed by atoms with Crippen LogP contribution in [-0.2, 0) is 16.0 Å². The van der Waals surface area contributed by atoms with Gasteiger partial charge in [-0.1, -0.05) is 0 Å². The molecule has 0 saturated carbocycles. The quantitative estimate of drug-likeness (QED) is 0.668. The second-order valence-corrected chi connectivity index (χ2v) is 3.50. The highest BCUT2D eigenvalue weighted by atomic mass is 32.1. The minimum atomic E-state index is 0.0673. The number of hydrogen-bond donors (Lipinski definition) is 1. The van der Waals surface area contributed by atoms with Gasteiger partial charge in [-0.2, -0.15) is 0 Å². The molecule has 5 heteroatoms. The SMILES string of the molecule is NCCOCC(=O)Cc1cncs1. The van der Waals surface area contributed by atoms with Gasteiger partial charge >= 0.3 is 0 Å². The first-order valence-electron chi connectivity index (χ1n) is 4.00. The molecule has 0 aliphatic heterocycles. The number of thiazole rings is 1. The van der Waals surface area contributed by atoms with E-state index in [1.165, 1.54) is 11.3 Å². The van der Waals surface area contributed by atoms with Gasteiger partial charge in [0.15, 0.2) is 5.78 Å². The summed E-state index contributed by atoms with van der Waals surface area (Å²) in [6.07, 6.45) is 2.11. The Morgan fingerprint density at radius 2 is 2.54 bits per heavy atom. The lowest BCUT2D eigenvalue weighted by Crippen LogP contribution is -2.15. The average Bonchev–Trinajstić information content (AvgIpc) is 2.57. The molecule has 13 heavy (non-hydrogen) atoms. The first-order valence-corrected chi connectivity index (χ1v) is 4.87. The van der Waals surface area contributed by atoms with Crippen molar-refractivity contribution in [3.05, 3.63) is 16.6 Å². The molecule has 0 bridgehead atoms. The minimum absolute atomic E-state index is 0.0673. The van der Waals surface area contributed by atoms with E-state index < -0.39 is 0 Å². The summed E-state index contributed by atoms with van der Waals surface area (Å²) in [4.78, 5) is 16.0. The third-order valence-electron chi connectivity index (χ3n) is 1.38. The van der Waals surface area contributed by atoms with E-state index in [4.69, 9.17) is 10.5 Å². The van der Waals surface area contributed by atoms with E-state index in [-0.39, 0.29) is 12.4 Å². The molecule has 1 rings (SSSR count). The van der Waals surface area contributed by atoms with Crippen molar-refractivity contribution in [1.29, 1.82) is 0 Å². The molecule has 0 aliphatic carbocycles. The summed E-state index contributed by atoms with van der Waals surface area (Å²) in [5.74, 6) is 0.0673. The molecule has 4 nitrogen and oxygen atoms in total. The molecule has 0 unspecified atom stereocenters. The molecule has 0 aliphatic rings. The Morgan fingerprint density at radius 3 is 3.15 bits per heavy atom. The Labute approximate surface area is 80.7 Å². The van der Waals surface area contributed by atoms with E-state index in [2.05, 4.69) is 4.98 Å². The molecule has 0 radical (unpaired) electrons. The molecule has 1 aromatic heterocycles. The Bertz CT molecular complexity index is 249. The molecular weight excluding hydrogens is 188 g/mol. The number of rotatable bonds is 6. The maximum atomic E-state index is 11.2. The first kappa shape index (κ1) is 10.3. The van der Waals surface area contributed by atoms with E-state index in [0.29, 0.717) is 19.6 Å². The maximum Gasteiger partial charge on any atom is 0.163 e. The van der Waals surface area contributed by atoms with E-state index in [1.54, 1.807) is 11.7 Å². The molecule has 0 spiro atoms. The summed E-state index contributed by atoms with van der Waals surface area (Å²) in [5.41, 5.74) is 6.92. The number of Topliss-reactive ketones (excluding diaryl/α,β-unsaturated/α-hetero) is 1. The Morgan fingerprint density at radius 1 is 1.69 bits per heavy atom. The molecule has 0 aromatic carbocycles. The lowest BCUT2D eigenvalue weighted by atomic mass is 10.3. The van der Waals surface area contributed by atoms with Gasteiger partial charge in [0.2, 0.25) is 0 Å². The van der Waals surface area contributed by atoms with E-state index in [9.17, 15) is 4.79 Å². The largest absolute Gasteiger partial charge is 0.372 e. The molecule has 2 N–H and O–H groups in total. The number of carbonyl (C=O) groups is 1. The van der Waals surface area contributed by atoms with Crippen molar-refractivity contribution in [2.24, 2.45) is 5.73 Å². The van der Waals surface area contributed by atoms with Gasteiger partial charge < -0.3 is 10.5 Å². The Kier molecular flexibility index (Phi) is 4.59. The summed E-state index contributed by atoms with van der Waals surface area (Å²) < 4.78 is 5.00. The van der Waals surface area contributed by atoms with Crippen LogP contribution in [0, 0.1) is 0 Å². The van der Waals surface area contributed by atoms with Crippen molar-refractivity contribution in [2.75, 3.05) is 19.8 Å². The lowest BCUT2D eigenvalue weighted by molar-refractivity contribution is -0.122. The number of nitrogens with zero attached hydrogens (tertiary/aromatic N) is 1. The second-order valence-electron chi connectivity index (χ2n) is 2.52. The van der Waals surface area contributed by atoms with Crippen LogP contribution in [0.1, 0.15) is 4.88 Å². The highest BCUT2D eigenvalue weighted by Crippen LogP contribution is 2.06. The molecule has 0 amide bonds. The van der Waals surface area contributed by atoms with Crippen LogP contribution in [0.15, 0.2) is 11.7 Å². The van der Waals surface area contributed by atoms with Crippen LogP contribution < -0.4 is 5.73 Å². The second kappa shape index (κ2) is 5.80. The zero-order chi connectivity index (χ0) is 9.52. The number of nitrogens with two attached hydrogens (primary N) is 1. The fourth-order valence-electron chi connectivity index (χ4n) is 0.844. The fourth-order valence-corrected chi connectivity index (χ4v) is 1.47. The number of carbonyl (C=O) groups excluding carboxylic acids is 1. The summed E-state index contributed by atoms with van der Waals surface area (Å²) in [6, 6.07) is 0. The Balaban J connectivity index is 2.18. The third-order valence-corrected chi connectivity index (χ3v) is 2.16. The van der Waals surface area contributed by atoms with Crippen LogP contribution in [0.25, 0.3) is 0 Å². The van der Waals surface area contributed by atoms with Crippen LogP contribution in [0.4, 0.5) is 0 Å². The minimum Gasteiger partial charge on any atom is -0.372 e. The molecule has 0 saturated heterocycles. The van der Waals surface area contributed by atoms with E-state index in [1.807, 2.05) is 0 Å². The van der Waals surface area contributed by atoms with Gasteiger partial charge in [0.05, 0.1) is 12.1 Å². The predicted octanol–water partition coefficient (Wildman–Crippen LogP) is 0.230. The topological polar surface area (TPSA) is 65.2 Å². The standard InChI is InChI=1S/C8H12N2O2S/c9-1-2-12-5-7(11)3-8-4-10-6-13-8/h4,6H,1-3,5,9H2. The first-order chi connectivity index (χ1) is 6.33. The summed E-state index contributed by atoms with van der Waals surface area (Å²) >= 11 is 1.48. The molecular formula is C8H12N2O2S. The van der Waals surface area contributed by atoms with Gasteiger partial charge in [0, 0.05) is 24.0 Å². The average molecular weight is 200 g/mol. The number of ketones is 1. The van der Waals surface area contributed by atoms with Crippen molar-refractivity contribution in [2.45, 2.75) is 6.42 Å². The van der Waals surface area contributed by atoms with Crippen LogP contribution >= 0.6 is 11.3 Å². The third kappa shape index (κ3) is 4.12.